The van der Waals surface area contributed by atoms with Crippen LogP contribution >= 0.6 is 0 Å². The van der Waals surface area contributed by atoms with Gasteiger partial charge in [0.2, 0.25) is 11.8 Å². The van der Waals surface area contributed by atoms with E-state index in [-0.39, 0.29) is 24.3 Å². The van der Waals surface area contributed by atoms with E-state index in [0.717, 1.165) is 18.4 Å². The fraction of sp³-hybridized carbons (Fsp3) is 0.571. The summed E-state index contributed by atoms with van der Waals surface area (Å²) in [7, 11) is 0. The Kier molecular flexibility index (Phi) is 8.30. The molecule has 27 heavy (non-hydrogen) atoms. The van der Waals surface area contributed by atoms with Gasteiger partial charge in [-0.05, 0) is 38.2 Å². The topological polar surface area (TPSA) is 75.7 Å². The Morgan fingerprint density at radius 1 is 1.19 bits per heavy atom. The molecule has 1 aromatic rings. The Morgan fingerprint density at radius 2 is 1.93 bits per heavy atom. The highest BCUT2D eigenvalue weighted by atomic mass is 16.5. The monoisotopic (exact) mass is 374 g/mol. The first-order valence-corrected chi connectivity index (χ1v) is 9.84. The van der Waals surface area contributed by atoms with Crippen molar-refractivity contribution >= 4 is 17.8 Å². The quantitative estimate of drug-likeness (QED) is 0.709. The maximum atomic E-state index is 12.7. The van der Waals surface area contributed by atoms with Crippen molar-refractivity contribution in [1.82, 2.24) is 10.2 Å². The first-order chi connectivity index (χ1) is 13.1. The Bertz CT molecular complexity index is 632. The van der Waals surface area contributed by atoms with Crippen molar-refractivity contribution in [3.63, 3.8) is 0 Å². The fourth-order valence-electron chi connectivity index (χ4n) is 3.44. The zero-order valence-corrected chi connectivity index (χ0v) is 16.3. The average molecular weight is 374 g/mol. The standard InChI is InChI=1S/C21H30N2O4/c1-3-19(24)23-13-9-8-12-18(23)20(25)22-15-17(21(26)27-4-2)14-16-10-6-5-7-11-16/h5-7,10-11,17-18H,3-4,8-9,12-15H2,1-2H3,(H,22,25). The summed E-state index contributed by atoms with van der Waals surface area (Å²) in [4.78, 5) is 38.8. The normalized spacial score (nSPS) is 17.9. The third-order valence-corrected chi connectivity index (χ3v) is 4.90. The molecule has 0 bridgehead atoms. The third kappa shape index (κ3) is 6.08. The minimum atomic E-state index is -0.449. The lowest BCUT2D eigenvalue weighted by Crippen LogP contribution is -2.52. The van der Waals surface area contributed by atoms with Crippen LogP contribution in [-0.2, 0) is 25.5 Å². The molecule has 148 valence electrons. The number of ether oxygens (including phenoxy) is 1. The minimum absolute atomic E-state index is 0.000998. The van der Waals surface area contributed by atoms with Crippen LogP contribution in [0.2, 0.25) is 0 Å². The van der Waals surface area contributed by atoms with Gasteiger partial charge in [0.05, 0.1) is 12.5 Å². The fourth-order valence-corrected chi connectivity index (χ4v) is 3.44. The number of rotatable bonds is 8. The maximum absolute atomic E-state index is 12.7. The zero-order chi connectivity index (χ0) is 19.6. The number of hydrogen-bond donors (Lipinski definition) is 1. The maximum Gasteiger partial charge on any atom is 0.311 e. The molecular formula is C21H30N2O4. The van der Waals surface area contributed by atoms with Gasteiger partial charge in [-0.25, -0.2) is 0 Å². The Balaban J connectivity index is 2.00. The van der Waals surface area contributed by atoms with Crippen molar-refractivity contribution in [3.8, 4) is 0 Å². The van der Waals surface area contributed by atoms with E-state index in [1.165, 1.54) is 0 Å². The van der Waals surface area contributed by atoms with Crippen molar-refractivity contribution in [3.05, 3.63) is 35.9 Å². The third-order valence-electron chi connectivity index (χ3n) is 4.90. The summed E-state index contributed by atoms with van der Waals surface area (Å²) in [5.74, 6) is -0.943. The number of nitrogens with one attached hydrogen (secondary N) is 1. The number of nitrogens with zero attached hydrogens (tertiary/aromatic N) is 1. The molecule has 1 aliphatic heterocycles. The van der Waals surface area contributed by atoms with Crippen LogP contribution in [0.3, 0.4) is 0 Å². The van der Waals surface area contributed by atoms with Crippen molar-refractivity contribution in [2.24, 2.45) is 5.92 Å². The second-order valence-electron chi connectivity index (χ2n) is 6.84. The van der Waals surface area contributed by atoms with Crippen LogP contribution < -0.4 is 5.32 Å². The summed E-state index contributed by atoms with van der Waals surface area (Å²) in [5, 5.41) is 2.89. The first-order valence-electron chi connectivity index (χ1n) is 9.84. The number of likely N-dealkylation sites (tertiary alicyclic amines) is 1. The van der Waals surface area contributed by atoms with E-state index >= 15 is 0 Å². The van der Waals surface area contributed by atoms with Crippen molar-refractivity contribution < 1.29 is 19.1 Å². The molecule has 0 spiro atoms. The smallest absolute Gasteiger partial charge is 0.311 e. The Hall–Kier alpha value is -2.37. The SMILES string of the molecule is CCOC(=O)C(CNC(=O)C1CCCCN1C(=O)CC)Cc1ccccc1. The molecule has 2 rings (SSSR count). The lowest BCUT2D eigenvalue weighted by Gasteiger charge is -2.34. The molecule has 2 atom stereocenters. The molecule has 1 aromatic carbocycles. The van der Waals surface area contributed by atoms with E-state index in [1.54, 1.807) is 11.8 Å². The predicted octanol–water partition coefficient (Wildman–Crippen LogP) is 2.32. The number of hydrogen-bond acceptors (Lipinski definition) is 4. The molecule has 0 radical (unpaired) electrons. The van der Waals surface area contributed by atoms with Crippen molar-refractivity contribution in [2.45, 2.75) is 52.0 Å². The van der Waals surface area contributed by atoms with Crippen LogP contribution in [-0.4, -0.2) is 48.4 Å². The van der Waals surface area contributed by atoms with Crippen molar-refractivity contribution in [2.75, 3.05) is 19.7 Å². The summed E-state index contributed by atoms with van der Waals surface area (Å²) in [5.41, 5.74) is 1.02. The molecule has 2 unspecified atom stereocenters. The van der Waals surface area contributed by atoms with E-state index in [9.17, 15) is 14.4 Å². The van der Waals surface area contributed by atoms with Crippen LogP contribution in [0, 0.1) is 5.92 Å². The van der Waals surface area contributed by atoms with Crippen LogP contribution in [0.1, 0.15) is 45.1 Å². The first kappa shape index (κ1) is 20.9. The summed E-state index contributed by atoms with van der Waals surface area (Å²) >= 11 is 0. The molecule has 1 fully saturated rings. The molecule has 0 saturated carbocycles. The zero-order valence-electron chi connectivity index (χ0n) is 16.3. The number of carbonyl (C=O) groups is 3. The highest BCUT2D eigenvalue weighted by Gasteiger charge is 2.32. The van der Waals surface area contributed by atoms with Gasteiger partial charge < -0.3 is 15.0 Å². The van der Waals surface area contributed by atoms with E-state index in [0.29, 0.717) is 32.4 Å². The van der Waals surface area contributed by atoms with Gasteiger partial charge in [0.1, 0.15) is 6.04 Å². The molecule has 6 nitrogen and oxygen atoms in total. The lowest BCUT2D eigenvalue weighted by atomic mass is 9.98. The number of benzene rings is 1. The lowest BCUT2D eigenvalue weighted by molar-refractivity contribution is -0.148. The second-order valence-corrected chi connectivity index (χ2v) is 6.84. The molecule has 0 aromatic heterocycles. The van der Waals surface area contributed by atoms with E-state index < -0.39 is 12.0 Å². The summed E-state index contributed by atoms with van der Waals surface area (Å²) in [6.07, 6.45) is 3.41. The van der Waals surface area contributed by atoms with Crippen LogP contribution in [0.4, 0.5) is 0 Å². The number of esters is 1. The van der Waals surface area contributed by atoms with E-state index in [2.05, 4.69) is 5.32 Å². The van der Waals surface area contributed by atoms with Crippen LogP contribution in [0.25, 0.3) is 0 Å². The molecular weight excluding hydrogens is 344 g/mol. The molecule has 2 amide bonds. The number of carbonyl (C=O) groups excluding carboxylic acids is 3. The van der Waals surface area contributed by atoms with E-state index in [1.807, 2.05) is 37.3 Å². The van der Waals surface area contributed by atoms with Gasteiger partial charge >= 0.3 is 5.97 Å². The highest BCUT2D eigenvalue weighted by molar-refractivity contribution is 5.88. The van der Waals surface area contributed by atoms with Gasteiger partial charge in [0.25, 0.3) is 0 Å². The Morgan fingerprint density at radius 3 is 2.59 bits per heavy atom. The van der Waals surface area contributed by atoms with E-state index in [4.69, 9.17) is 4.74 Å². The van der Waals surface area contributed by atoms with Gasteiger partial charge in [0.15, 0.2) is 0 Å². The minimum Gasteiger partial charge on any atom is -0.466 e. The van der Waals surface area contributed by atoms with Gasteiger partial charge in [0, 0.05) is 19.5 Å². The van der Waals surface area contributed by atoms with Crippen LogP contribution in [0.5, 0.6) is 0 Å². The molecule has 0 aliphatic carbocycles. The van der Waals surface area contributed by atoms with Crippen LogP contribution in [0.15, 0.2) is 30.3 Å². The summed E-state index contributed by atoms with van der Waals surface area (Å²) in [6.45, 7) is 4.71. The van der Waals surface area contributed by atoms with Gasteiger partial charge in [-0.3, -0.25) is 14.4 Å². The summed E-state index contributed by atoms with van der Waals surface area (Å²) in [6, 6.07) is 9.24. The number of piperidine rings is 1. The molecule has 1 N–H and O–H groups in total. The van der Waals surface area contributed by atoms with Gasteiger partial charge in [-0.1, -0.05) is 37.3 Å². The second kappa shape index (κ2) is 10.7. The molecule has 6 heteroatoms. The predicted molar refractivity (Wildman–Crippen MR) is 103 cm³/mol. The highest BCUT2D eigenvalue weighted by Crippen LogP contribution is 2.18. The Labute approximate surface area is 161 Å². The molecule has 1 aliphatic rings. The van der Waals surface area contributed by atoms with Gasteiger partial charge in [-0.2, -0.15) is 0 Å². The van der Waals surface area contributed by atoms with Gasteiger partial charge in [-0.15, -0.1) is 0 Å². The largest absolute Gasteiger partial charge is 0.466 e. The number of amides is 2. The molecule has 1 heterocycles. The summed E-state index contributed by atoms with van der Waals surface area (Å²) < 4.78 is 5.18. The van der Waals surface area contributed by atoms with Crippen molar-refractivity contribution in [1.29, 1.82) is 0 Å². The molecule has 1 saturated heterocycles. The average Bonchev–Trinajstić information content (AvgIpc) is 2.71.